The molecule has 1 atom stereocenters. The highest BCUT2D eigenvalue weighted by Crippen LogP contribution is 2.21. The average Bonchev–Trinajstić information content (AvgIpc) is 3.04. The smallest absolute Gasteiger partial charge is 0.225 e. The predicted octanol–water partition coefficient (Wildman–Crippen LogP) is 2.84. The van der Waals surface area contributed by atoms with Gasteiger partial charge in [0.2, 0.25) is 5.91 Å². The number of hydrogen-bond donors (Lipinski definition) is 2. The van der Waals surface area contributed by atoms with Gasteiger partial charge in [-0.3, -0.25) is 4.79 Å². The lowest BCUT2D eigenvalue weighted by Gasteiger charge is -2.22. The van der Waals surface area contributed by atoms with Gasteiger partial charge >= 0.3 is 0 Å². The molecule has 0 bridgehead atoms. The normalized spacial score (nSPS) is 16.4. The molecular weight excluding hydrogens is 381 g/mol. The van der Waals surface area contributed by atoms with Crippen LogP contribution in [-0.4, -0.2) is 44.8 Å². The molecule has 1 amide bonds. The molecule has 6 nitrogen and oxygen atoms in total. The van der Waals surface area contributed by atoms with Crippen LogP contribution in [0.15, 0.2) is 30.6 Å². The van der Waals surface area contributed by atoms with Gasteiger partial charge in [-0.1, -0.05) is 12.1 Å². The van der Waals surface area contributed by atoms with Crippen LogP contribution >= 0.6 is 36.6 Å². The monoisotopic (exact) mass is 403 g/mol. The third-order valence-electron chi connectivity index (χ3n) is 3.79. The number of amides is 1. The van der Waals surface area contributed by atoms with E-state index in [9.17, 15) is 4.79 Å². The van der Waals surface area contributed by atoms with Crippen molar-refractivity contribution in [1.29, 1.82) is 0 Å². The number of benzene rings is 1. The second-order valence-electron chi connectivity index (χ2n) is 5.50. The molecule has 1 saturated heterocycles. The Hall–Kier alpha value is -1.28. The molecule has 1 fully saturated rings. The van der Waals surface area contributed by atoms with Crippen LogP contribution in [-0.2, 0) is 11.3 Å². The van der Waals surface area contributed by atoms with Gasteiger partial charge < -0.3 is 15.2 Å². The Labute approximate surface area is 164 Å². The molecule has 1 aliphatic heterocycles. The second kappa shape index (κ2) is 10.7. The molecule has 138 valence electrons. The van der Waals surface area contributed by atoms with Crippen LogP contribution < -0.4 is 10.6 Å². The van der Waals surface area contributed by atoms with Crippen molar-refractivity contribution in [3.63, 3.8) is 0 Å². The Bertz CT molecular complexity index is 676. The van der Waals surface area contributed by atoms with E-state index in [1.54, 1.807) is 6.33 Å². The molecule has 3 rings (SSSR count). The largest absolute Gasteiger partial charge is 0.326 e. The lowest BCUT2D eigenvalue weighted by molar-refractivity contribution is -0.116. The van der Waals surface area contributed by atoms with Gasteiger partial charge in [0.1, 0.15) is 6.33 Å². The molecule has 0 saturated carbocycles. The molecule has 0 radical (unpaired) electrons. The fourth-order valence-electron chi connectivity index (χ4n) is 2.63. The van der Waals surface area contributed by atoms with E-state index in [-0.39, 0.29) is 36.8 Å². The maximum absolute atomic E-state index is 12.2. The van der Waals surface area contributed by atoms with Crippen LogP contribution in [0.3, 0.4) is 0 Å². The zero-order valence-electron chi connectivity index (χ0n) is 14.0. The summed E-state index contributed by atoms with van der Waals surface area (Å²) in [6.07, 6.45) is 2.22. The topological polar surface area (TPSA) is 71.8 Å². The number of carbonyl (C=O) groups is 1. The van der Waals surface area contributed by atoms with Crippen LogP contribution in [0.1, 0.15) is 13.3 Å². The first-order valence-corrected chi connectivity index (χ1v) is 9.01. The molecule has 2 N–H and O–H groups in total. The van der Waals surface area contributed by atoms with Crippen LogP contribution in [0.4, 0.5) is 5.69 Å². The van der Waals surface area contributed by atoms with E-state index in [4.69, 9.17) is 0 Å². The van der Waals surface area contributed by atoms with E-state index in [2.05, 4.69) is 20.8 Å². The van der Waals surface area contributed by atoms with Gasteiger partial charge in [0, 0.05) is 48.3 Å². The number of nitrogens with one attached hydrogen (secondary N) is 2. The standard InChI is InChI=1S/C16H21N5OS.2ClH/c1-2-21-11-18-20-16(21)12-4-3-5-13(8-12)19-15(22)9-14-10-23-7-6-17-14;;/h3-5,8,11,14,17H,2,6-7,9-10H2,1H3,(H,19,22);2*1H. The van der Waals surface area contributed by atoms with E-state index in [1.165, 1.54) is 0 Å². The highest BCUT2D eigenvalue weighted by Gasteiger charge is 2.17. The molecule has 2 aromatic rings. The van der Waals surface area contributed by atoms with Gasteiger partial charge in [0.15, 0.2) is 5.82 Å². The first-order chi connectivity index (χ1) is 11.3. The summed E-state index contributed by atoms with van der Waals surface area (Å²) in [6.45, 7) is 3.84. The van der Waals surface area contributed by atoms with Crippen LogP contribution in [0.2, 0.25) is 0 Å². The maximum atomic E-state index is 12.2. The number of rotatable bonds is 5. The zero-order chi connectivity index (χ0) is 16.1. The minimum absolute atomic E-state index is 0. The van der Waals surface area contributed by atoms with Crippen molar-refractivity contribution < 1.29 is 4.79 Å². The summed E-state index contributed by atoms with van der Waals surface area (Å²) in [4.78, 5) is 12.2. The van der Waals surface area contributed by atoms with Crippen molar-refractivity contribution in [2.24, 2.45) is 0 Å². The van der Waals surface area contributed by atoms with E-state index in [0.717, 1.165) is 41.7 Å². The lowest BCUT2D eigenvalue weighted by Crippen LogP contribution is -2.39. The Morgan fingerprint density at radius 3 is 3.00 bits per heavy atom. The highest BCUT2D eigenvalue weighted by molar-refractivity contribution is 7.99. The van der Waals surface area contributed by atoms with Gasteiger partial charge in [-0.05, 0) is 19.1 Å². The number of thioether (sulfide) groups is 1. The zero-order valence-corrected chi connectivity index (χ0v) is 16.4. The fourth-order valence-corrected chi connectivity index (χ4v) is 3.58. The number of aromatic nitrogens is 3. The van der Waals surface area contributed by atoms with Crippen LogP contribution in [0.25, 0.3) is 11.4 Å². The van der Waals surface area contributed by atoms with Crippen LogP contribution in [0, 0.1) is 0 Å². The molecule has 25 heavy (non-hydrogen) atoms. The molecule has 2 heterocycles. The summed E-state index contributed by atoms with van der Waals surface area (Å²) < 4.78 is 1.98. The van der Waals surface area contributed by atoms with Crippen molar-refractivity contribution >= 4 is 48.2 Å². The summed E-state index contributed by atoms with van der Waals surface area (Å²) in [6, 6.07) is 8.01. The van der Waals surface area contributed by atoms with Gasteiger partial charge in [0.25, 0.3) is 0 Å². The SMILES string of the molecule is CCn1cnnc1-c1cccc(NC(=O)CC2CSCCN2)c1.Cl.Cl. The van der Waals surface area contributed by atoms with Crippen molar-refractivity contribution in [3.05, 3.63) is 30.6 Å². The average molecular weight is 404 g/mol. The second-order valence-corrected chi connectivity index (χ2v) is 6.65. The van der Waals surface area contributed by atoms with E-state index < -0.39 is 0 Å². The maximum Gasteiger partial charge on any atom is 0.225 e. The Balaban J connectivity index is 0.00000156. The molecule has 0 aliphatic carbocycles. The minimum atomic E-state index is 0. The number of carbonyl (C=O) groups excluding carboxylic acids is 1. The molecule has 1 aliphatic rings. The summed E-state index contributed by atoms with van der Waals surface area (Å²) in [5.41, 5.74) is 1.75. The minimum Gasteiger partial charge on any atom is -0.326 e. The van der Waals surface area contributed by atoms with E-state index >= 15 is 0 Å². The van der Waals surface area contributed by atoms with Gasteiger partial charge in [-0.2, -0.15) is 11.8 Å². The van der Waals surface area contributed by atoms with Crippen molar-refractivity contribution in [1.82, 2.24) is 20.1 Å². The number of hydrogen-bond acceptors (Lipinski definition) is 5. The Morgan fingerprint density at radius 1 is 1.44 bits per heavy atom. The number of aryl methyl sites for hydroxylation is 1. The number of halogens is 2. The Kier molecular flexibility index (Phi) is 9.27. The third-order valence-corrected chi connectivity index (χ3v) is 4.92. The number of nitrogens with zero attached hydrogens (tertiary/aromatic N) is 3. The summed E-state index contributed by atoms with van der Waals surface area (Å²) in [5.74, 6) is 2.97. The first-order valence-electron chi connectivity index (χ1n) is 7.85. The van der Waals surface area contributed by atoms with Gasteiger partial charge in [-0.25, -0.2) is 0 Å². The Morgan fingerprint density at radius 2 is 2.28 bits per heavy atom. The number of anilines is 1. The van der Waals surface area contributed by atoms with Crippen molar-refractivity contribution in [3.8, 4) is 11.4 Å². The molecule has 1 aromatic carbocycles. The molecule has 1 aromatic heterocycles. The fraction of sp³-hybridized carbons (Fsp3) is 0.438. The van der Waals surface area contributed by atoms with Crippen LogP contribution in [0.5, 0.6) is 0 Å². The van der Waals surface area contributed by atoms with Crippen molar-refractivity contribution in [2.75, 3.05) is 23.4 Å². The molecule has 9 heteroatoms. The highest BCUT2D eigenvalue weighted by atomic mass is 35.5. The summed E-state index contributed by atoms with van der Waals surface area (Å²) in [5, 5.41) is 14.5. The molecule has 0 spiro atoms. The van der Waals surface area contributed by atoms with E-state index in [0.29, 0.717) is 6.42 Å². The molecule has 1 unspecified atom stereocenters. The summed E-state index contributed by atoms with van der Waals surface area (Å²) in [7, 11) is 0. The predicted molar refractivity (Wildman–Crippen MR) is 108 cm³/mol. The van der Waals surface area contributed by atoms with Gasteiger partial charge in [0.05, 0.1) is 0 Å². The van der Waals surface area contributed by atoms with Crippen molar-refractivity contribution in [2.45, 2.75) is 25.9 Å². The molecular formula is C16H23Cl2N5OS. The first kappa shape index (κ1) is 21.8. The third kappa shape index (κ3) is 5.88. The lowest BCUT2D eigenvalue weighted by atomic mass is 10.1. The van der Waals surface area contributed by atoms with E-state index in [1.807, 2.05) is 47.5 Å². The van der Waals surface area contributed by atoms with Gasteiger partial charge in [-0.15, -0.1) is 35.0 Å². The quantitative estimate of drug-likeness (QED) is 0.802. The summed E-state index contributed by atoms with van der Waals surface area (Å²) >= 11 is 1.90.